The minimum absolute atomic E-state index is 0.0256. The van der Waals surface area contributed by atoms with Crippen LogP contribution in [-0.4, -0.2) is 20.6 Å². The van der Waals surface area contributed by atoms with Crippen LogP contribution in [0.25, 0.3) is 5.69 Å². The summed E-state index contributed by atoms with van der Waals surface area (Å²) >= 11 is 0. The van der Waals surface area contributed by atoms with Gasteiger partial charge in [-0.15, -0.1) is 0 Å². The van der Waals surface area contributed by atoms with E-state index in [2.05, 4.69) is 10.3 Å². The van der Waals surface area contributed by atoms with Crippen molar-refractivity contribution in [1.29, 1.82) is 0 Å². The lowest BCUT2D eigenvalue weighted by Crippen LogP contribution is -2.22. The number of rotatable bonds is 6. The second-order valence-corrected chi connectivity index (χ2v) is 6.77. The fraction of sp³-hybridized carbons (Fsp3) is 0.190. The van der Waals surface area contributed by atoms with Crippen LogP contribution in [0, 0.1) is 12.7 Å². The van der Waals surface area contributed by atoms with E-state index in [9.17, 15) is 27.2 Å². The van der Waals surface area contributed by atoms with Crippen LogP contribution in [0.3, 0.4) is 0 Å². The van der Waals surface area contributed by atoms with Crippen molar-refractivity contribution in [1.82, 2.24) is 9.55 Å². The summed E-state index contributed by atoms with van der Waals surface area (Å²) in [6.45, 7) is 1.78. The highest BCUT2D eigenvalue weighted by molar-refractivity contribution is 5.67. The molecule has 0 unspecified atom stereocenters. The number of aliphatic carboxylic acids is 1. The van der Waals surface area contributed by atoms with Gasteiger partial charge in [-0.05, 0) is 54.8 Å². The molecule has 0 radical (unpaired) electrons. The maximum absolute atomic E-state index is 14.1. The molecule has 1 aromatic heterocycles. The number of hydrogen-bond donors (Lipinski definition) is 2. The van der Waals surface area contributed by atoms with Gasteiger partial charge in [0.05, 0.1) is 11.3 Å². The Labute approximate surface area is 173 Å². The summed E-state index contributed by atoms with van der Waals surface area (Å²) in [7, 11) is 0. The first-order chi connectivity index (χ1) is 14.6. The summed E-state index contributed by atoms with van der Waals surface area (Å²) in [5, 5.41) is 11.3. The van der Waals surface area contributed by atoms with Crippen LogP contribution in [0.4, 0.5) is 29.1 Å². The Morgan fingerprint density at radius 2 is 1.94 bits per heavy atom. The zero-order valence-corrected chi connectivity index (χ0v) is 16.2. The van der Waals surface area contributed by atoms with Crippen LogP contribution < -0.4 is 10.9 Å². The minimum Gasteiger partial charge on any atom is -0.481 e. The molecule has 0 saturated carbocycles. The van der Waals surface area contributed by atoms with E-state index in [1.807, 2.05) is 0 Å². The van der Waals surface area contributed by atoms with E-state index in [4.69, 9.17) is 5.11 Å². The third-order valence-corrected chi connectivity index (χ3v) is 4.60. The van der Waals surface area contributed by atoms with E-state index < -0.39 is 29.1 Å². The average Bonchev–Trinajstić information content (AvgIpc) is 2.69. The summed E-state index contributed by atoms with van der Waals surface area (Å²) < 4.78 is 53.4. The number of halogens is 4. The van der Waals surface area contributed by atoms with Crippen molar-refractivity contribution in [3.05, 3.63) is 81.7 Å². The van der Waals surface area contributed by atoms with E-state index in [0.29, 0.717) is 24.2 Å². The van der Waals surface area contributed by atoms with Crippen molar-refractivity contribution in [2.24, 2.45) is 0 Å². The van der Waals surface area contributed by atoms with Gasteiger partial charge in [0.15, 0.2) is 5.82 Å². The van der Waals surface area contributed by atoms with E-state index in [1.54, 1.807) is 25.1 Å². The predicted octanol–water partition coefficient (Wildman–Crippen LogP) is 4.46. The molecule has 0 aliphatic carbocycles. The lowest BCUT2D eigenvalue weighted by molar-refractivity contribution is -0.138. The van der Waals surface area contributed by atoms with Gasteiger partial charge in [-0.25, -0.2) is 9.37 Å². The van der Waals surface area contributed by atoms with Gasteiger partial charge < -0.3 is 10.4 Å². The first-order valence-corrected chi connectivity index (χ1v) is 9.09. The highest BCUT2D eigenvalue weighted by Gasteiger charge is 2.31. The van der Waals surface area contributed by atoms with Gasteiger partial charge in [0.2, 0.25) is 0 Å². The highest BCUT2D eigenvalue weighted by atomic mass is 19.4. The van der Waals surface area contributed by atoms with E-state index in [0.717, 1.165) is 17.2 Å². The van der Waals surface area contributed by atoms with Crippen molar-refractivity contribution in [2.75, 3.05) is 5.32 Å². The minimum atomic E-state index is -4.69. The van der Waals surface area contributed by atoms with Crippen LogP contribution >= 0.6 is 0 Å². The van der Waals surface area contributed by atoms with Crippen molar-refractivity contribution >= 4 is 17.5 Å². The van der Waals surface area contributed by atoms with Gasteiger partial charge >= 0.3 is 12.1 Å². The number of benzene rings is 2. The number of nitrogens with one attached hydrogen (secondary N) is 1. The molecule has 0 aliphatic rings. The van der Waals surface area contributed by atoms with Crippen molar-refractivity contribution in [2.45, 2.75) is 25.9 Å². The summed E-state index contributed by atoms with van der Waals surface area (Å²) in [4.78, 5) is 27.4. The van der Waals surface area contributed by atoms with E-state index in [1.165, 1.54) is 17.0 Å². The Hall–Kier alpha value is -3.69. The molecule has 0 bridgehead atoms. The number of carboxylic acids is 1. The zero-order chi connectivity index (χ0) is 22.8. The summed E-state index contributed by atoms with van der Waals surface area (Å²) in [5.74, 6) is -2.36. The van der Waals surface area contributed by atoms with Crippen LogP contribution in [0.1, 0.15) is 23.1 Å². The maximum atomic E-state index is 14.1. The van der Waals surface area contributed by atoms with Crippen LogP contribution in [0.2, 0.25) is 0 Å². The standard InChI is InChI=1S/C21H17F4N3O3/c1-12-10-15(5-2-13(12)3-7-18(29)30)28-9-8-26-19(20(28)31)27-17-6-4-14(11-16(17)22)21(23,24)25/h2,4-6,8-11H,3,7H2,1H3,(H,26,27)(H,29,30). The number of carboxylic acid groups (broad SMARTS) is 1. The van der Waals surface area contributed by atoms with Gasteiger partial charge in [-0.1, -0.05) is 6.07 Å². The first kappa shape index (κ1) is 22.0. The maximum Gasteiger partial charge on any atom is 0.416 e. The lowest BCUT2D eigenvalue weighted by atomic mass is 10.0. The highest BCUT2D eigenvalue weighted by Crippen LogP contribution is 2.31. The van der Waals surface area contributed by atoms with Gasteiger partial charge in [0.25, 0.3) is 5.56 Å². The number of nitrogens with zero attached hydrogens (tertiary/aromatic N) is 2. The normalized spacial score (nSPS) is 11.4. The molecular weight excluding hydrogens is 418 g/mol. The molecule has 10 heteroatoms. The molecule has 0 saturated heterocycles. The summed E-state index contributed by atoms with van der Waals surface area (Å²) in [6.07, 6.45) is -1.69. The monoisotopic (exact) mass is 435 g/mol. The third kappa shape index (κ3) is 5.08. The molecule has 0 amide bonds. The molecular formula is C21H17F4N3O3. The van der Waals surface area contributed by atoms with Gasteiger partial charge in [0.1, 0.15) is 5.82 Å². The molecule has 0 fully saturated rings. The smallest absolute Gasteiger partial charge is 0.416 e. The summed E-state index contributed by atoms with van der Waals surface area (Å²) in [5.41, 5.74) is -0.0356. The van der Waals surface area contributed by atoms with Crippen LogP contribution in [-0.2, 0) is 17.4 Å². The lowest BCUT2D eigenvalue weighted by Gasteiger charge is -2.13. The third-order valence-electron chi connectivity index (χ3n) is 4.60. The van der Waals surface area contributed by atoms with E-state index >= 15 is 0 Å². The molecule has 1 heterocycles. The SMILES string of the molecule is Cc1cc(-n2ccnc(Nc3ccc(C(F)(F)F)cc3F)c2=O)ccc1CCC(=O)O. The fourth-order valence-corrected chi connectivity index (χ4v) is 2.97. The molecule has 2 aromatic carbocycles. The van der Waals surface area contributed by atoms with Crippen molar-refractivity contribution in [3.63, 3.8) is 0 Å². The van der Waals surface area contributed by atoms with Crippen molar-refractivity contribution < 1.29 is 27.5 Å². The zero-order valence-electron chi connectivity index (χ0n) is 16.2. The number of aromatic nitrogens is 2. The largest absolute Gasteiger partial charge is 0.481 e. The Morgan fingerprint density at radius 1 is 1.19 bits per heavy atom. The first-order valence-electron chi connectivity index (χ1n) is 9.09. The molecule has 2 N–H and O–H groups in total. The number of anilines is 2. The van der Waals surface area contributed by atoms with Crippen LogP contribution in [0.15, 0.2) is 53.6 Å². The quantitative estimate of drug-likeness (QED) is 0.559. The average molecular weight is 435 g/mol. The Morgan fingerprint density at radius 3 is 2.55 bits per heavy atom. The molecule has 0 aliphatic heterocycles. The molecule has 31 heavy (non-hydrogen) atoms. The number of carbonyl (C=O) groups is 1. The molecule has 0 spiro atoms. The molecule has 3 aromatic rings. The fourth-order valence-electron chi connectivity index (χ4n) is 2.97. The molecule has 3 rings (SSSR count). The van der Waals surface area contributed by atoms with Gasteiger partial charge in [-0.2, -0.15) is 13.2 Å². The number of hydrogen-bond acceptors (Lipinski definition) is 4. The molecule has 0 atom stereocenters. The predicted molar refractivity (Wildman–Crippen MR) is 105 cm³/mol. The Bertz CT molecular complexity index is 1190. The molecule has 162 valence electrons. The van der Waals surface area contributed by atoms with Gasteiger partial charge in [-0.3, -0.25) is 14.2 Å². The second kappa shape index (κ2) is 8.58. The summed E-state index contributed by atoms with van der Waals surface area (Å²) in [6, 6.07) is 6.96. The Kier molecular flexibility index (Phi) is 6.09. The number of alkyl halides is 3. The van der Waals surface area contributed by atoms with Gasteiger partial charge in [0, 0.05) is 24.5 Å². The molecule has 6 nitrogen and oxygen atoms in total. The van der Waals surface area contributed by atoms with Crippen LogP contribution in [0.5, 0.6) is 0 Å². The van der Waals surface area contributed by atoms with E-state index in [-0.39, 0.29) is 17.9 Å². The Balaban J connectivity index is 1.90. The number of aryl methyl sites for hydroxylation is 2. The van der Waals surface area contributed by atoms with Crippen molar-refractivity contribution in [3.8, 4) is 5.69 Å². The topological polar surface area (TPSA) is 84.2 Å². The second-order valence-electron chi connectivity index (χ2n) is 6.77.